The second kappa shape index (κ2) is 4.07. The minimum Gasteiger partial charge on any atom is -0.371 e. The Morgan fingerprint density at radius 3 is 2.71 bits per heavy atom. The van der Waals surface area contributed by atoms with Gasteiger partial charge in [-0.3, -0.25) is 0 Å². The summed E-state index contributed by atoms with van der Waals surface area (Å²) in [7, 11) is 0. The fourth-order valence-electron chi connectivity index (χ4n) is 1.76. The van der Waals surface area contributed by atoms with E-state index in [1.165, 1.54) is 12.1 Å². The Kier molecular flexibility index (Phi) is 2.79. The summed E-state index contributed by atoms with van der Waals surface area (Å²) in [6.45, 7) is 3.68. The summed E-state index contributed by atoms with van der Waals surface area (Å²) in [6, 6.07) is 6.79. The third-order valence-corrected chi connectivity index (χ3v) is 2.52. The Morgan fingerprint density at radius 1 is 1.36 bits per heavy atom. The van der Waals surface area contributed by atoms with Crippen molar-refractivity contribution in [3.8, 4) is 0 Å². The number of hydrogen-bond acceptors (Lipinski definition) is 2. The zero-order valence-corrected chi connectivity index (χ0v) is 8.16. The van der Waals surface area contributed by atoms with Gasteiger partial charge >= 0.3 is 0 Å². The van der Waals surface area contributed by atoms with Crippen molar-refractivity contribution in [2.75, 3.05) is 13.2 Å². The molecule has 0 radical (unpaired) electrons. The normalized spacial score (nSPS) is 27.6. The Balaban J connectivity index is 2.16. The third kappa shape index (κ3) is 1.94. The Bertz CT molecular complexity index is 299. The fourth-order valence-corrected chi connectivity index (χ4v) is 1.76. The van der Waals surface area contributed by atoms with Crippen LogP contribution < -0.4 is 5.32 Å². The van der Waals surface area contributed by atoms with Gasteiger partial charge in [0.25, 0.3) is 0 Å². The maximum atomic E-state index is 12.7. The molecule has 2 nitrogen and oxygen atoms in total. The summed E-state index contributed by atoms with van der Waals surface area (Å²) in [5, 5.41) is 3.33. The first-order valence-electron chi connectivity index (χ1n) is 4.88. The van der Waals surface area contributed by atoms with Crippen LogP contribution in [0.3, 0.4) is 0 Å². The van der Waals surface area contributed by atoms with Crippen LogP contribution in [-0.4, -0.2) is 19.2 Å². The maximum absolute atomic E-state index is 12.7. The summed E-state index contributed by atoms with van der Waals surface area (Å²) < 4.78 is 18.3. The average Bonchev–Trinajstić information content (AvgIpc) is 2.20. The molecule has 0 bridgehead atoms. The number of morpholine rings is 1. The molecule has 1 N–H and O–H groups in total. The standard InChI is InChI=1S/C11H14FNO/c1-8-11(14-7-6-13-8)9-2-4-10(12)5-3-9/h2-5,8,11,13H,6-7H2,1H3. The Morgan fingerprint density at radius 2 is 2.07 bits per heavy atom. The molecule has 0 aliphatic carbocycles. The van der Waals surface area contributed by atoms with E-state index in [1.807, 2.05) is 0 Å². The molecule has 1 aliphatic rings. The molecule has 0 amide bonds. The zero-order chi connectivity index (χ0) is 9.97. The third-order valence-electron chi connectivity index (χ3n) is 2.52. The molecule has 1 saturated heterocycles. The highest BCUT2D eigenvalue weighted by molar-refractivity contribution is 5.20. The number of hydrogen-bond donors (Lipinski definition) is 1. The molecule has 1 aromatic rings. The zero-order valence-electron chi connectivity index (χ0n) is 8.16. The van der Waals surface area contributed by atoms with Gasteiger partial charge in [0.1, 0.15) is 5.82 Å². The molecule has 2 unspecified atom stereocenters. The van der Waals surface area contributed by atoms with Crippen molar-refractivity contribution in [3.05, 3.63) is 35.6 Å². The van der Waals surface area contributed by atoms with Crippen LogP contribution in [0.1, 0.15) is 18.6 Å². The molecule has 2 rings (SSSR count). The molecule has 1 aliphatic heterocycles. The molecule has 14 heavy (non-hydrogen) atoms. The predicted octanol–water partition coefficient (Wildman–Crippen LogP) is 1.88. The summed E-state index contributed by atoms with van der Waals surface area (Å²) in [5.41, 5.74) is 1.03. The van der Waals surface area contributed by atoms with E-state index in [0.717, 1.165) is 12.1 Å². The average molecular weight is 195 g/mol. The predicted molar refractivity (Wildman–Crippen MR) is 52.6 cm³/mol. The minimum atomic E-state index is -0.204. The van der Waals surface area contributed by atoms with Crippen LogP contribution in [0.4, 0.5) is 4.39 Å². The topological polar surface area (TPSA) is 21.3 Å². The van der Waals surface area contributed by atoms with Crippen molar-refractivity contribution >= 4 is 0 Å². The molecular weight excluding hydrogens is 181 g/mol. The second-order valence-electron chi connectivity index (χ2n) is 3.59. The van der Waals surface area contributed by atoms with Gasteiger partial charge < -0.3 is 10.1 Å². The van der Waals surface area contributed by atoms with E-state index in [-0.39, 0.29) is 18.0 Å². The summed E-state index contributed by atoms with van der Waals surface area (Å²) >= 11 is 0. The monoisotopic (exact) mass is 195 g/mol. The highest BCUT2D eigenvalue weighted by atomic mass is 19.1. The number of nitrogens with one attached hydrogen (secondary N) is 1. The van der Waals surface area contributed by atoms with E-state index in [4.69, 9.17) is 4.74 Å². The number of rotatable bonds is 1. The van der Waals surface area contributed by atoms with Crippen molar-refractivity contribution in [2.45, 2.75) is 19.1 Å². The molecule has 2 atom stereocenters. The van der Waals surface area contributed by atoms with E-state index < -0.39 is 0 Å². The Hall–Kier alpha value is -0.930. The molecule has 1 heterocycles. The smallest absolute Gasteiger partial charge is 0.123 e. The number of ether oxygens (including phenoxy) is 1. The van der Waals surface area contributed by atoms with Crippen LogP contribution in [0.15, 0.2) is 24.3 Å². The molecule has 76 valence electrons. The van der Waals surface area contributed by atoms with Crippen LogP contribution >= 0.6 is 0 Å². The fraction of sp³-hybridized carbons (Fsp3) is 0.455. The molecule has 0 spiro atoms. The van der Waals surface area contributed by atoms with Crippen LogP contribution in [0, 0.1) is 5.82 Å². The molecule has 0 aromatic heterocycles. The van der Waals surface area contributed by atoms with Crippen molar-refractivity contribution in [1.29, 1.82) is 0 Å². The first-order valence-corrected chi connectivity index (χ1v) is 4.88. The molecule has 0 saturated carbocycles. The minimum absolute atomic E-state index is 0.0457. The highest BCUT2D eigenvalue weighted by Crippen LogP contribution is 2.23. The molecule has 1 aromatic carbocycles. The van der Waals surface area contributed by atoms with Gasteiger partial charge in [-0.05, 0) is 24.6 Å². The van der Waals surface area contributed by atoms with Crippen molar-refractivity contribution in [3.63, 3.8) is 0 Å². The molecular formula is C11H14FNO. The summed E-state index contributed by atoms with van der Waals surface area (Å²) in [5.74, 6) is -0.204. The SMILES string of the molecule is CC1NCCOC1c1ccc(F)cc1. The lowest BCUT2D eigenvalue weighted by atomic mass is 10.0. The van der Waals surface area contributed by atoms with Crippen molar-refractivity contribution in [2.24, 2.45) is 0 Å². The van der Waals surface area contributed by atoms with E-state index in [1.54, 1.807) is 12.1 Å². The van der Waals surface area contributed by atoms with E-state index >= 15 is 0 Å². The Labute approximate surface area is 83.1 Å². The van der Waals surface area contributed by atoms with Crippen LogP contribution in [-0.2, 0) is 4.74 Å². The van der Waals surface area contributed by atoms with Crippen LogP contribution in [0.2, 0.25) is 0 Å². The summed E-state index contributed by atoms with van der Waals surface area (Å²) in [6.07, 6.45) is 0.0457. The first kappa shape index (κ1) is 9.62. The second-order valence-corrected chi connectivity index (χ2v) is 3.59. The maximum Gasteiger partial charge on any atom is 0.123 e. The van der Waals surface area contributed by atoms with E-state index in [9.17, 15) is 4.39 Å². The lowest BCUT2D eigenvalue weighted by molar-refractivity contribution is -0.000256. The quantitative estimate of drug-likeness (QED) is 0.738. The van der Waals surface area contributed by atoms with Gasteiger partial charge in [0, 0.05) is 12.6 Å². The first-order chi connectivity index (χ1) is 6.77. The van der Waals surface area contributed by atoms with Gasteiger partial charge in [-0.2, -0.15) is 0 Å². The van der Waals surface area contributed by atoms with Gasteiger partial charge in [0.2, 0.25) is 0 Å². The van der Waals surface area contributed by atoms with E-state index in [2.05, 4.69) is 12.2 Å². The van der Waals surface area contributed by atoms with Gasteiger partial charge in [-0.1, -0.05) is 12.1 Å². The lowest BCUT2D eigenvalue weighted by Crippen LogP contribution is -2.41. The highest BCUT2D eigenvalue weighted by Gasteiger charge is 2.22. The molecule has 1 fully saturated rings. The van der Waals surface area contributed by atoms with Gasteiger partial charge in [-0.15, -0.1) is 0 Å². The largest absolute Gasteiger partial charge is 0.371 e. The van der Waals surface area contributed by atoms with E-state index in [0.29, 0.717) is 6.61 Å². The van der Waals surface area contributed by atoms with Crippen LogP contribution in [0.5, 0.6) is 0 Å². The number of halogens is 1. The van der Waals surface area contributed by atoms with Gasteiger partial charge in [-0.25, -0.2) is 4.39 Å². The number of benzene rings is 1. The summed E-state index contributed by atoms with van der Waals surface area (Å²) in [4.78, 5) is 0. The lowest BCUT2D eigenvalue weighted by Gasteiger charge is -2.30. The van der Waals surface area contributed by atoms with Gasteiger partial charge in [0.05, 0.1) is 12.7 Å². The van der Waals surface area contributed by atoms with Crippen LogP contribution in [0.25, 0.3) is 0 Å². The van der Waals surface area contributed by atoms with Crippen molar-refractivity contribution < 1.29 is 9.13 Å². The van der Waals surface area contributed by atoms with Crippen molar-refractivity contribution in [1.82, 2.24) is 5.32 Å². The molecule has 3 heteroatoms. The van der Waals surface area contributed by atoms with Gasteiger partial charge in [0.15, 0.2) is 0 Å².